The number of methoxy groups -OCH3 is 1. The summed E-state index contributed by atoms with van der Waals surface area (Å²) >= 11 is 2.05. The van der Waals surface area contributed by atoms with Gasteiger partial charge in [-0.1, -0.05) is 6.07 Å². The minimum atomic E-state index is -0.800. The second kappa shape index (κ2) is 5.46. The molecule has 1 aromatic carbocycles. The monoisotopic (exact) mass is 361 g/mol. The second-order valence-corrected chi connectivity index (χ2v) is 5.33. The van der Waals surface area contributed by atoms with Crippen molar-refractivity contribution in [1.82, 2.24) is 0 Å². The highest BCUT2D eigenvalue weighted by Crippen LogP contribution is 2.42. The Kier molecular flexibility index (Phi) is 4.17. The molecule has 1 aliphatic rings. The molecule has 1 unspecified atom stereocenters. The molecule has 0 saturated heterocycles. The molecule has 0 N–H and O–H groups in total. The summed E-state index contributed by atoms with van der Waals surface area (Å²) in [6.45, 7) is 0. The van der Waals surface area contributed by atoms with Gasteiger partial charge in [0, 0.05) is 26.8 Å². The molecule has 0 aliphatic heterocycles. The van der Waals surface area contributed by atoms with Crippen LogP contribution < -0.4 is 4.74 Å². The highest BCUT2D eigenvalue weighted by molar-refractivity contribution is 14.2. The predicted octanol–water partition coefficient (Wildman–Crippen LogP) is 3.77. The maximum absolute atomic E-state index is 9.42. The first-order valence-electron chi connectivity index (χ1n) is 5.31. The summed E-state index contributed by atoms with van der Waals surface area (Å²) in [4.78, 5) is 0. The van der Waals surface area contributed by atoms with E-state index in [4.69, 9.17) is 8.92 Å². The van der Waals surface area contributed by atoms with Gasteiger partial charge >= 0.3 is 0 Å². The quantitative estimate of drug-likeness (QED) is 0.607. The average molecular weight is 361 g/mol. The van der Waals surface area contributed by atoms with Gasteiger partial charge in [-0.25, -0.2) is 0 Å². The Morgan fingerprint density at radius 3 is 3.00 bits per heavy atom. The fourth-order valence-corrected chi connectivity index (χ4v) is 3.47. The average Bonchev–Trinajstić information content (AvgIpc) is 2.38. The van der Waals surface area contributed by atoms with Gasteiger partial charge in [-0.15, -0.1) is 0 Å². The summed E-state index contributed by atoms with van der Waals surface area (Å²) in [5.74, 6) is 0.833. The Morgan fingerprint density at radius 1 is 1.53 bits per heavy atom. The first-order chi connectivity index (χ1) is 8.25. The number of ether oxygens (including phenoxy) is 1. The topological polar surface area (TPSA) is 42.2 Å². The first-order valence-corrected chi connectivity index (χ1v) is 8.59. The van der Waals surface area contributed by atoms with Crippen LogP contribution in [0.2, 0.25) is 0 Å². The number of aryl methyl sites for hydroxylation is 1. The van der Waals surface area contributed by atoms with Crippen molar-refractivity contribution in [2.45, 2.75) is 24.9 Å². The smallest absolute Gasteiger partial charge is 0.194 e. The molecular weight excluding hydrogens is 349 g/mol. The highest BCUT2D eigenvalue weighted by Gasteiger charge is 2.38. The van der Waals surface area contributed by atoms with Gasteiger partial charge in [0.05, 0.1) is 16.3 Å². The Bertz CT molecular complexity index is 460. The largest absolute Gasteiger partial charge is 0.497 e. The van der Waals surface area contributed by atoms with Crippen molar-refractivity contribution < 1.29 is 8.92 Å². The molecule has 0 heterocycles. The number of halogens is 1. The SMILES string of the molecule is COc1ccc2c(c1)CCCC2(C#N)OSI. The molecule has 0 aromatic heterocycles. The van der Waals surface area contributed by atoms with Gasteiger partial charge in [-0.05, 0) is 37.0 Å². The Labute approximate surface area is 117 Å². The van der Waals surface area contributed by atoms with Crippen LogP contribution in [0.25, 0.3) is 0 Å². The first kappa shape index (κ1) is 13.0. The van der Waals surface area contributed by atoms with Crippen LogP contribution in [0.1, 0.15) is 24.0 Å². The van der Waals surface area contributed by atoms with Crippen molar-refractivity contribution in [3.63, 3.8) is 0 Å². The fourth-order valence-electron chi connectivity index (χ4n) is 2.24. The lowest BCUT2D eigenvalue weighted by Crippen LogP contribution is -2.30. The third kappa shape index (κ3) is 2.39. The third-order valence-electron chi connectivity index (χ3n) is 3.08. The molecule has 0 radical (unpaired) electrons. The minimum Gasteiger partial charge on any atom is -0.497 e. The summed E-state index contributed by atoms with van der Waals surface area (Å²) < 4.78 is 10.8. The highest BCUT2D eigenvalue weighted by atomic mass is 127. The second-order valence-electron chi connectivity index (χ2n) is 3.96. The number of hydrogen-bond donors (Lipinski definition) is 0. The van der Waals surface area contributed by atoms with Gasteiger partial charge in [0.1, 0.15) is 11.8 Å². The molecule has 0 saturated carbocycles. The van der Waals surface area contributed by atoms with Crippen molar-refractivity contribution in [3.05, 3.63) is 29.3 Å². The van der Waals surface area contributed by atoms with Crippen LogP contribution in [0.4, 0.5) is 0 Å². The lowest BCUT2D eigenvalue weighted by molar-refractivity contribution is 0.140. The van der Waals surface area contributed by atoms with Crippen molar-refractivity contribution in [2.75, 3.05) is 7.11 Å². The van der Waals surface area contributed by atoms with E-state index in [1.165, 1.54) is 9.21 Å². The predicted molar refractivity (Wildman–Crippen MR) is 75.9 cm³/mol. The minimum absolute atomic E-state index is 0.749. The molecule has 1 atom stereocenters. The fraction of sp³-hybridized carbons (Fsp3) is 0.417. The lowest BCUT2D eigenvalue weighted by Gasteiger charge is -2.31. The van der Waals surface area contributed by atoms with Crippen molar-refractivity contribution in [3.8, 4) is 11.8 Å². The molecule has 0 spiro atoms. The zero-order valence-electron chi connectivity index (χ0n) is 9.40. The Morgan fingerprint density at radius 2 is 2.35 bits per heavy atom. The van der Waals surface area contributed by atoms with Crippen molar-refractivity contribution in [2.24, 2.45) is 0 Å². The van der Waals surface area contributed by atoms with Crippen LogP contribution in [-0.4, -0.2) is 7.11 Å². The number of nitriles is 1. The standard InChI is InChI=1S/C12H12INO2S/c1-15-10-4-5-11-9(7-10)3-2-6-12(11,8-14)16-17-13/h4-5,7H,2-3,6H2,1H3. The normalized spacial score (nSPS) is 22.6. The molecule has 17 heavy (non-hydrogen) atoms. The van der Waals surface area contributed by atoms with Gasteiger partial charge in [-0.2, -0.15) is 5.26 Å². The van der Waals surface area contributed by atoms with Crippen LogP contribution >= 0.6 is 30.4 Å². The van der Waals surface area contributed by atoms with Crippen molar-refractivity contribution in [1.29, 1.82) is 5.26 Å². The molecule has 2 rings (SSSR count). The maximum atomic E-state index is 9.42. The molecule has 0 fully saturated rings. The third-order valence-corrected chi connectivity index (χ3v) is 3.96. The number of hydrogen-bond acceptors (Lipinski definition) is 4. The summed E-state index contributed by atoms with van der Waals surface area (Å²) in [6.07, 6.45) is 2.69. The Balaban J connectivity index is 2.47. The van der Waals surface area contributed by atoms with Gasteiger partial charge in [0.2, 0.25) is 0 Å². The molecule has 3 nitrogen and oxygen atoms in total. The van der Waals surface area contributed by atoms with Gasteiger partial charge in [0.15, 0.2) is 5.60 Å². The van der Waals surface area contributed by atoms with E-state index in [2.05, 4.69) is 27.3 Å². The van der Waals surface area contributed by atoms with Crippen molar-refractivity contribution >= 4 is 30.4 Å². The van der Waals surface area contributed by atoms with E-state index in [0.717, 1.165) is 36.1 Å². The van der Waals surface area contributed by atoms with Crippen LogP contribution in [0.3, 0.4) is 0 Å². The molecule has 5 heteroatoms. The summed E-state index contributed by atoms with van der Waals surface area (Å²) in [5.41, 5.74) is 1.34. The van der Waals surface area contributed by atoms with E-state index in [1.54, 1.807) is 7.11 Å². The van der Waals surface area contributed by atoms with E-state index in [9.17, 15) is 5.26 Å². The van der Waals surface area contributed by atoms with E-state index in [0.29, 0.717) is 0 Å². The molecule has 1 aromatic rings. The van der Waals surface area contributed by atoms with E-state index in [-0.39, 0.29) is 0 Å². The number of fused-ring (bicyclic) bond motifs is 1. The number of benzene rings is 1. The van der Waals surface area contributed by atoms with Crippen LogP contribution in [0, 0.1) is 11.3 Å². The molecule has 0 amide bonds. The summed E-state index contributed by atoms with van der Waals surface area (Å²) in [7, 11) is 2.87. The van der Waals surface area contributed by atoms with Gasteiger partial charge < -0.3 is 4.74 Å². The summed E-state index contributed by atoms with van der Waals surface area (Å²) in [5, 5.41) is 9.42. The van der Waals surface area contributed by atoms with E-state index >= 15 is 0 Å². The molecule has 90 valence electrons. The molecular formula is C12H12INO2S. The molecule has 0 bridgehead atoms. The number of rotatable bonds is 3. The maximum Gasteiger partial charge on any atom is 0.194 e. The van der Waals surface area contributed by atoms with Crippen LogP contribution in [0.15, 0.2) is 18.2 Å². The van der Waals surface area contributed by atoms with E-state index in [1.807, 2.05) is 18.2 Å². The molecule has 1 aliphatic carbocycles. The van der Waals surface area contributed by atoms with Gasteiger partial charge in [0.25, 0.3) is 0 Å². The number of nitrogens with zero attached hydrogens (tertiary/aromatic N) is 1. The van der Waals surface area contributed by atoms with Crippen LogP contribution in [-0.2, 0) is 16.2 Å². The van der Waals surface area contributed by atoms with Crippen LogP contribution in [0.5, 0.6) is 5.75 Å². The Hall–Kier alpha value is -0.450. The van der Waals surface area contributed by atoms with E-state index < -0.39 is 5.60 Å². The zero-order valence-corrected chi connectivity index (χ0v) is 12.4. The van der Waals surface area contributed by atoms with Gasteiger partial charge in [-0.3, -0.25) is 4.18 Å². The summed E-state index contributed by atoms with van der Waals surface area (Å²) in [6, 6.07) is 8.16. The lowest BCUT2D eigenvalue weighted by atomic mass is 9.80. The zero-order chi connectivity index (χ0) is 12.3.